The van der Waals surface area contributed by atoms with Crippen LogP contribution >= 0.6 is 0 Å². The molecule has 0 amide bonds. The van der Waals surface area contributed by atoms with E-state index in [1.165, 1.54) is 0 Å². The third kappa shape index (κ3) is 2.33. The Morgan fingerprint density at radius 1 is 1.57 bits per heavy atom. The van der Waals surface area contributed by atoms with Gasteiger partial charge in [-0.3, -0.25) is 0 Å². The number of aryl methyl sites for hydroxylation is 1. The third-order valence-electron chi connectivity index (χ3n) is 2.23. The number of nitrogens with zero attached hydrogens (tertiary/aromatic N) is 2. The predicted octanol–water partition coefficient (Wildman–Crippen LogP) is 1.36. The van der Waals surface area contributed by atoms with E-state index in [4.69, 9.17) is 4.74 Å². The second kappa shape index (κ2) is 5.12. The maximum Gasteiger partial charge on any atom is 0.140 e. The van der Waals surface area contributed by atoms with Crippen molar-refractivity contribution in [3.8, 4) is 0 Å². The summed E-state index contributed by atoms with van der Waals surface area (Å²) in [4.78, 5) is 4.12. The number of aliphatic hydroxyl groups excluding tert-OH is 1. The molecule has 0 bridgehead atoms. The van der Waals surface area contributed by atoms with Crippen LogP contribution in [0.5, 0.6) is 0 Å². The SMILES string of the molecule is CCOC(C)C(O)c1nccn1CC. The summed E-state index contributed by atoms with van der Waals surface area (Å²) >= 11 is 0. The highest BCUT2D eigenvalue weighted by Crippen LogP contribution is 2.17. The largest absolute Gasteiger partial charge is 0.382 e. The van der Waals surface area contributed by atoms with E-state index in [-0.39, 0.29) is 6.10 Å². The molecule has 1 N–H and O–H groups in total. The van der Waals surface area contributed by atoms with E-state index in [2.05, 4.69) is 4.98 Å². The average Bonchev–Trinajstić information content (AvgIpc) is 2.64. The number of hydrogen-bond acceptors (Lipinski definition) is 3. The summed E-state index contributed by atoms with van der Waals surface area (Å²) in [6.45, 7) is 7.19. The fourth-order valence-electron chi connectivity index (χ4n) is 1.42. The minimum Gasteiger partial charge on any atom is -0.382 e. The lowest BCUT2D eigenvalue weighted by atomic mass is 10.2. The Hall–Kier alpha value is -0.870. The van der Waals surface area contributed by atoms with Gasteiger partial charge in [0.2, 0.25) is 0 Å². The normalized spacial score (nSPS) is 15.4. The molecule has 0 saturated carbocycles. The Morgan fingerprint density at radius 2 is 2.29 bits per heavy atom. The highest BCUT2D eigenvalue weighted by Gasteiger charge is 2.20. The fraction of sp³-hybridized carbons (Fsp3) is 0.700. The van der Waals surface area contributed by atoms with Gasteiger partial charge in [0.1, 0.15) is 11.9 Å². The van der Waals surface area contributed by atoms with Crippen LogP contribution < -0.4 is 0 Å². The van der Waals surface area contributed by atoms with Crippen molar-refractivity contribution in [1.82, 2.24) is 9.55 Å². The number of ether oxygens (including phenoxy) is 1. The first kappa shape index (κ1) is 11.2. The molecule has 2 unspecified atom stereocenters. The first-order valence-electron chi connectivity index (χ1n) is 5.01. The first-order chi connectivity index (χ1) is 6.70. The van der Waals surface area contributed by atoms with Crippen LogP contribution in [0.25, 0.3) is 0 Å². The Kier molecular flexibility index (Phi) is 4.10. The molecular formula is C10H18N2O2. The molecule has 0 aliphatic carbocycles. The van der Waals surface area contributed by atoms with Gasteiger partial charge < -0.3 is 14.4 Å². The van der Waals surface area contributed by atoms with Crippen molar-refractivity contribution in [1.29, 1.82) is 0 Å². The van der Waals surface area contributed by atoms with Crippen molar-refractivity contribution in [2.45, 2.75) is 39.5 Å². The predicted molar refractivity (Wildman–Crippen MR) is 53.9 cm³/mol. The Balaban J connectivity index is 2.72. The number of rotatable bonds is 5. The van der Waals surface area contributed by atoms with Crippen molar-refractivity contribution in [3.05, 3.63) is 18.2 Å². The van der Waals surface area contributed by atoms with Crippen LogP contribution in [-0.4, -0.2) is 27.4 Å². The number of aliphatic hydroxyl groups is 1. The van der Waals surface area contributed by atoms with Crippen LogP contribution in [0.4, 0.5) is 0 Å². The zero-order valence-corrected chi connectivity index (χ0v) is 8.97. The van der Waals surface area contributed by atoms with E-state index in [1.807, 2.05) is 31.5 Å². The Labute approximate surface area is 84.5 Å². The summed E-state index contributed by atoms with van der Waals surface area (Å²) in [5, 5.41) is 9.91. The smallest absolute Gasteiger partial charge is 0.140 e. The summed E-state index contributed by atoms with van der Waals surface area (Å²) < 4.78 is 7.24. The van der Waals surface area contributed by atoms with Crippen molar-refractivity contribution >= 4 is 0 Å². The Morgan fingerprint density at radius 3 is 2.86 bits per heavy atom. The minimum atomic E-state index is -0.648. The quantitative estimate of drug-likeness (QED) is 0.777. The molecule has 0 fully saturated rings. The monoisotopic (exact) mass is 198 g/mol. The van der Waals surface area contributed by atoms with Gasteiger partial charge in [-0.15, -0.1) is 0 Å². The highest BCUT2D eigenvalue weighted by molar-refractivity contribution is 4.98. The molecular weight excluding hydrogens is 180 g/mol. The van der Waals surface area contributed by atoms with Gasteiger partial charge >= 0.3 is 0 Å². The van der Waals surface area contributed by atoms with E-state index < -0.39 is 6.10 Å². The number of aromatic nitrogens is 2. The van der Waals surface area contributed by atoms with Crippen LogP contribution in [-0.2, 0) is 11.3 Å². The molecule has 0 radical (unpaired) electrons. The van der Waals surface area contributed by atoms with Gasteiger partial charge in [0.05, 0.1) is 6.10 Å². The molecule has 0 aliphatic heterocycles. The average molecular weight is 198 g/mol. The van der Waals surface area contributed by atoms with Gasteiger partial charge in [-0.1, -0.05) is 0 Å². The lowest BCUT2D eigenvalue weighted by Crippen LogP contribution is -2.22. The zero-order chi connectivity index (χ0) is 10.6. The van der Waals surface area contributed by atoms with Crippen LogP contribution in [0.2, 0.25) is 0 Å². The van der Waals surface area contributed by atoms with Crippen molar-refractivity contribution in [3.63, 3.8) is 0 Å². The molecule has 0 saturated heterocycles. The van der Waals surface area contributed by atoms with Crippen LogP contribution in [0.3, 0.4) is 0 Å². The molecule has 1 rings (SSSR count). The van der Waals surface area contributed by atoms with E-state index in [9.17, 15) is 5.11 Å². The molecule has 1 aromatic heterocycles. The lowest BCUT2D eigenvalue weighted by molar-refractivity contribution is -0.0280. The fourth-order valence-corrected chi connectivity index (χ4v) is 1.42. The zero-order valence-electron chi connectivity index (χ0n) is 8.97. The van der Waals surface area contributed by atoms with E-state index in [0.717, 1.165) is 6.54 Å². The lowest BCUT2D eigenvalue weighted by Gasteiger charge is -2.18. The van der Waals surface area contributed by atoms with Gasteiger partial charge in [0.15, 0.2) is 0 Å². The molecule has 0 aliphatic rings. The van der Waals surface area contributed by atoms with Crippen LogP contribution in [0.1, 0.15) is 32.7 Å². The summed E-state index contributed by atoms with van der Waals surface area (Å²) in [6, 6.07) is 0. The van der Waals surface area contributed by atoms with Gasteiger partial charge in [0.25, 0.3) is 0 Å². The van der Waals surface area contributed by atoms with Gasteiger partial charge in [0, 0.05) is 25.5 Å². The van der Waals surface area contributed by atoms with Crippen molar-refractivity contribution in [2.24, 2.45) is 0 Å². The molecule has 0 aromatic carbocycles. The van der Waals surface area contributed by atoms with E-state index >= 15 is 0 Å². The standard InChI is InChI=1S/C10H18N2O2/c1-4-12-7-6-11-10(12)9(13)8(3)14-5-2/h6-9,13H,4-5H2,1-3H3. The van der Waals surface area contributed by atoms with Crippen molar-refractivity contribution < 1.29 is 9.84 Å². The molecule has 14 heavy (non-hydrogen) atoms. The van der Waals surface area contributed by atoms with Crippen LogP contribution in [0, 0.1) is 0 Å². The van der Waals surface area contributed by atoms with Gasteiger partial charge in [-0.05, 0) is 20.8 Å². The summed E-state index contributed by atoms with van der Waals surface area (Å²) in [6.07, 6.45) is 2.69. The molecule has 80 valence electrons. The topological polar surface area (TPSA) is 47.3 Å². The maximum absolute atomic E-state index is 9.91. The van der Waals surface area contributed by atoms with E-state index in [0.29, 0.717) is 12.4 Å². The summed E-state index contributed by atoms with van der Waals surface area (Å²) in [5.74, 6) is 0.674. The highest BCUT2D eigenvalue weighted by atomic mass is 16.5. The molecule has 1 aromatic rings. The second-order valence-corrected chi connectivity index (χ2v) is 3.18. The van der Waals surface area contributed by atoms with Crippen molar-refractivity contribution in [2.75, 3.05) is 6.61 Å². The molecule has 1 heterocycles. The maximum atomic E-state index is 9.91. The minimum absolute atomic E-state index is 0.215. The first-order valence-corrected chi connectivity index (χ1v) is 5.01. The molecule has 0 spiro atoms. The molecule has 4 nitrogen and oxygen atoms in total. The van der Waals surface area contributed by atoms with Gasteiger partial charge in [-0.25, -0.2) is 4.98 Å². The van der Waals surface area contributed by atoms with E-state index in [1.54, 1.807) is 6.20 Å². The van der Waals surface area contributed by atoms with Crippen LogP contribution in [0.15, 0.2) is 12.4 Å². The number of imidazole rings is 1. The molecule has 4 heteroatoms. The summed E-state index contributed by atoms with van der Waals surface area (Å²) in [7, 11) is 0. The third-order valence-corrected chi connectivity index (χ3v) is 2.23. The number of hydrogen-bond donors (Lipinski definition) is 1. The second-order valence-electron chi connectivity index (χ2n) is 3.18. The summed E-state index contributed by atoms with van der Waals surface area (Å²) in [5.41, 5.74) is 0. The molecule has 2 atom stereocenters. The van der Waals surface area contributed by atoms with Gasteiger partial charge in [-0.2, -0.15) is 0 Å². The Bertz CT molecular complexity index is 273.